The van der Waals surface area contributed by atoms with Gasteiger partial charge in [0, 0.05) is 6.54 Å². The second-order valence-corrected chi connectivity index (χ2v) is 16.5. The zero-order valence-corrected chi connectivity index (χ0v) is 23.1. The summed E-state index contributed by atoms with van der Waals surface area (Å²) in [5, 5.41) is 12.9. The molecule has 7 nitrogen and oxygen atoms in total. The van der Waals surface area contributed by atoms with Crippen LogP contribution in [-0.2, 0) is 9.16 Å². The summed E-state index contributed by atoms with van der Waals surface area (Å²) in [6.45, 7) is 18.1. The number of nitrogens with one attached hydrogen (secondary N) is 1. The molecule has 1 fully saturated rings. The molecule has 1 saturated heterocycles. The van der Waals surface area contributed by atoms with E-state index in [0.717, 1.165) is 0 Å². The third-order valence-electron chi connectivity index (χ3n) is 6.86. The molecule has 1 amide bonds. The van der Waals surface area contributed by atoms with Gasteiger partial charge in [0.05, 0.1) is 53.3 Å². The largest absolute Gasteiger partial charge is 0.453 e. The van der Waals surface area contributed by atoms with Gasteiger partial charge in [-0.25, -0.2) is 4.79 Å². The van der Waals surface area contributed by atoms with Crippen molar-refractivity contribution in [3.05, 3.63) is 22.7 Å². The van der Waals surface area contributed by atoms with E-state index in [-0.39, 0.29) is 28.6 Å². The van der Waals surface area contributed by atoms with Crippen molar-refractivity contribution in [3.63, 3.8) is 0 Å². The normalized spacial score (nSPS) is 22.0. The highest BCUT2D eigenvalue weighted by molar-refractivity contribution is 6.74. The summed E-state index contributed by atoms with van der Waals surface area (Å²) >= 11 is 6.67. The first-order valence-electron chi connectivity index (χ1n) is 11.3. The maximum Gasteiger partial charge on any atom is 0.407 e. The molecule has 1 aromatic carbocycles. The molecule has 0 saturated carbocycles. The standard InChI is InChI=1S/C24H39ClN4O3Si/c1-23(2,3)21-20(32-33(8,9)24(4,5)6)17(28-22(30)31-7)10-11-29(21)18-13-15(14-26)12-16(27)19(18)25/h12-13,17,20-21H,10-11,27H2,1-9H3,(H,28,30)/t17-,20-,21?/m1/s1. The molecule has 0 radical (unpaired) electrons. The molecule has 9 heteroatoms. The molecule has 184 valence electrons. The Balaban J connectivity index is 2.66. The van der Waals surface area contributed by atoms with Gasteiger partial charge in [0.2, 0.25) is 0 Å². The zero-order valence-electron chi connectivity index (χ0n) is 21.4. The van der Waals surface area contributed by atoms with Crippen molar-refractivity contribution in [2.75, 3.05) is 24.3 Å². The van der Waals surface area contributed by atoms with E-state index in [4.69, 9.17) is 26.5 Å². The highest BCUT2D eigenvalue weighted by Gasteiger charge is 2.50. The van der Waals surface area contributed by atoms with Crippen molar-refractivity contribution >= 4 is 37.4 Å². The molecular weight excluding hydrogens is 456 g/mol. The van der Waals surface area contributed by atoms with E-state index < -0.39 is 14.4 Å². The van der Waals surface area contributed by atoms with E-state index in [1.165, 1.54) is 7.11 Å². The van der Waals surface area contributed by atoms with Gasteiger partial charge in [0.25, 0.3) is 0 Å². The number of amides is 1. The van der Waals surface area contributed by atoms with Gasteiger partial charge >= 0.3 is 6.09 Å². The predicted octanol–water partition coefficient (Wildman–Crippen LogP) is 5.53. The first-order chi connectivity index (χ1) is 15.0. The van der Waals surface area contributed by atoms with E-state index in [1.807, 2.05) is 0 Å². The maximum absolute atomic E-state index is 12.2. The Morgan fingerprint density at radius 1 is 1.27 bits per heavy atom. The third kappa shape index (κ3) is 5.95. The van der Waals surface area contributed by atoms with E-state index in [0.29, 0.717) is 34.9 Å². The van der Waals surface area contributed by atoms with Gasteiger partial charge < -0.3 is 25.1 Å². The number of hydrogen-bond donors (Lipinski definition) is 2. The highest BCUT2D eigenvalue weighted by atomic mass is 35.5. The van der Waals surface area contributed by atoms with Gasteiger partial charge in [-0.2, -0.15) is 5.26 Å². The minimum atomic E-state index is -2.22. The van der Waals surface area contributed by atoms with Crippen LogP contribution in [-0.4, -0.2) is 46.3 Å². The first kappa shape index (κ1) is 27.3. The summed E-state index contributed by atoms with van der Waals surface area (Å²) in [4.78, 5) is 14.4. The number of carbonyl (C=O) groups is 1. The molecule has 1 aromatic rings. The quantitative estimate of drug-likeness (QED) is 0.421. The monoisotopic (exact) mass is 494 g/mol. The topological polar surface area (TPSA) is 101 Å². The van der Waals surface area contributed by atoms with Crippen LogP contribution >= 0.6 is 11.6 Å². The fraction of sp³-hybridized carbons (Fsp3) is 0.667. The Labute approximate surface area is 204 Å². The number of nitrogens with zero attached hydrogens (tertiary/aromatic N) is 2. The highest BCUT2D eigenvalue weighted by Crippen LogP contribution is 2.45. The molecule has 2 rings (SSSR count). The number of hydrogen-bond acceptors (Lipinski definition) is 6. The summed E-state index contributed by atoms with van der Waals surface area (Å²) in [6, 6.07) is 5.17. The molecule has 1 heterocycles. The Morgan fingerprint density at radius 2 is 1.88 bits per heavy atom. The number of nitrogen functional groups attached to an aromatic ring is 1. The SMILES string of the molecule is COC(=O)N[C@@H]1CCN(c2cc(C#N)cc(N)c2Cl)C(C(C)(C)C)[C@@H]1O[Si](C)(C)C(C)(C)C. The second-order valence-electron chi connectivity index (χ2n) is 11.4. The van der Waals surface area contributed by atoms with Crippen LogP contribution in [0.3, 0.4) is 0 Å². The second kappa shape index (κ2) is 9.73. The van der Waals surface area contributed by atoms with Gasteiger partial charge in [-0.3, -0.25) is 0 Å². The van der Waals surface area contributed by atoms with Crippen molar-refractivity contribution in [2.45, 2.75) is 84.3 Å². The lowest BCUT2D eigenvalue weighted by molar-refractivity contribution is 0.0426. The maximum atomic E-state index is 12.2. The molecule has 3 N–H and O–H groups in total. The molecule has 1 aliphatic heterocycles. The van der Waals surface area contributed by atoms with Gasteiger partial charge in [-0.05, 0) is 42.1 Å². The number of carbonyl (C=O) groups excluding carboxylic acids is 1. The van der Waals surface area contributed by atoms with E-state index in [9.17, 15) is 10.1 Å². The fourth-order valence-electron chi connectivity index (χ4n) is 4.14. The van der Waals surface area contributed by atoms with Crippen LogP contribution in [0.1, 0.15) is 53.5 Å². The number of methoxy groups -OCH3 is 1. The molecule has 0 bridgehead atoms. The van der Waals surface area contributed by atoms with Gasteiger partial charge in [0.15, 0.2) is 8.32 Å². The van der Waals surface area contributed by atoms with Gasteiger partial charge in [-0.1, -0.05) is 53.1 Å². The fourth-order valence-corrected chi connectivity index (χ4v) is 5.69. The van der Waals surface area contributed by atoms with Crippen molar-refractivity contribution in [3.8, 4) is 6.07 Å². The number of ether oxygens (including phenoxy) is 1. The summed E-state index contributed by atoms with van der Waals surface area (Å²) in [7, 11) is -0.851. The van der Waals surface area contributed by atoms with Crippen molar-refractivity contribution in [1.29, 1.82) is 5.26 Å². The molecule has 1 unspecified atom stereocenters. The molecule has 1 aliphatic rings. The lowest BCUT2D eigenvalue weighted by Crippen LogP contribution is -2.67. The summed E-state index contributed by atoms with van der Waals surface area (Å²) < 4.78 is 11.9. The summed E-state index contributed by atoms with van der Waals surface area (Å²) in [6.07, 6.45) is -0.158. The van der Waals surface area contributed by atoms with Crippen LogP contribution in [0.25, 0.3) is 0 Å². The van der Waals surface area contributed by atoms with Crippen LogP contribution in [0.2, 0.25) is 23.2 Å². The Hall–Kier alpha value is -1.95. The Kier molecular flexibility index (Phi) is 8.05. The van der Waals surface area contributed by atoms with Crippen LogP contribution in [0, 0.1) is 16.7 Å². The van der Waals surface area contributed by atoms with Crippen LogP contribution < -0.4 is 16.0 Å². The number of halogens is 1. The third-order valence-corrected chi connectivity index (χ3v) is 11.7. The molecule has 0 aliphatic carbocycles. The van der Waals surface area contributed by atoms with E-state index in [1.54, 1.807) is 12.1 Å². The van der Waals surface area contributed by atoms with E-state index >= 15 is 0 Å². The van der Waals surface area contributed by atoms with Crippen LogP contribution in [0.4, 0.5) is 16.2 Å². The minimum Gasteiger partial charge on any atom is -0.453 e. The number of nitriles is 1. The lowest BCUT2D eigenvalue weighted by Gasteiger charge is -2.54. The number of anilines is 2. The number of alkyl carbamates (subject to hydrolysis) is 1. The number of benzene rings is 1. The average Bonchev–Trinajstić information content (AvgIpc) is 2.68. The predicted molar refractivity (Wildman–Crippen MR) is 137 cm³/mol. The summed E-state index contributed by atoms with van der Waals surface area (Å²) in [5.41, 5.74) is 7.45. The van der Waals surface area contributed by atoms with Crippen molar-refractivity contribution in [1.82, 2.24) is 5.32 Å². The minimum absolute atomic E-state index is 0.0175. The molecule has 0 aromatic heterocycles. The van der Waals surface area contributed by atoms with Crippen molar-refractivity contribution in [2.24, 2.45) is 5.41 Å². The van der Waals surface area contributed by atoms with Crippen LogP contribution in [0.15, 0.2) is 12.1 Å². The number of piperidine rings is 1. The smallest absolute Gasteiger partial charge is 0.407 e. The van der Waals surface area contributed by atoms with Crippen LogP contribution in [0.5, 0.6) is 0 Å². The average molecular weight is 495 g/mol. The molecule has 3 atom stereocenters. The van der Waals surface area contributed by atoms with Gasteiger partial charge in [-0.15, -0.1) is 0 Å². The molecule has 0 spiro atoms. The molecule has 33 heavy (non-hydrogen) atoms. The first-order valence-corrected chi connectivity index (χ1v) is 14.6. The van der Waals surface area contributed by atoms with Crippen molar-refractivity contribution < 1.29 is 14.0 Å². The molecular formula is C24H39ClN4O3Si. The Bertz CT molecular complexity index is 918. The zero-order chi connectivity index (χ0) is 25.4. The summed E-state index contributed by atoms with van der Waals surface area (Å²) in [5.74, 6) is 0. The van der Waals surface area contributed by atoms with Gasteiger partial charge in [0.1, 0.15) is 0 Å². The Morgan fingerprint density at radius 3 is 2.36 bits per heavy atom. The number of rotatable bonds is 4. The number of nitrogens with two attached hydrogens (primary N) is 1. The lowest BCUT2D eigenvalue weighted by atomic mass is 9.76. The van der Waals surface area contributed by atoms with E-state index in [2.05, 4.69) is 70.9 Å².